The molecule has 1 unspecified atom stereocenters. The van der Waals surface area contributed by atoms with E-state index in [1.54, 1.807) is 13.0 Å². The monoisotopic (exact) mass is 478 g/mol. The van der Waals surface area contributed by atoms with E-state index in [0.717, 1.165) is 11.1 Å². The van der Waals surface area contributed by atoms with Crippen LogP contribution in [0.1, 0.15) is 31.0 Å². The molecule has 0 spiro atoms. The average molecular weight is 479 g/mol. The van der Waals surface area contributed by atoms with Gasteiger partial charge in [-0.2, -0.15) is 0 Å². The first-order valence-corrected chi connectivity index (χ1v) is 11.5. The Morgan fingerprint density at radius 2 is 1.71 bits per heavy atom. The van der Waals surface area contributed by atoms with E-state index in [4.69, 9.17) is 14.2 Å². The van der Waals surface area contributed by atoms with Gasteiger partial charge >= 0.3 is 12.1 Å². The number of carbonyl (C=O) groups is 3. The van der Waals surface area contributed by atoms with Crippen LogP contribution in [0.3, 0.4) is 0 Å². The summed E-state index contributed by atoms with van der Waals surface area (Å²) in [5, 5.41) is 9.73. The zero-order valence-electron chi connectivity index (χ0n) is 19.3. The fraction of sp³-hybridized carbons (Fsp3) is 0.346. The van der Waals surface area contributed by atoms with Crippen LogP contribution in [0.15, 0.2) is 66.7 Å². The molecule has 3 saturated heterocycles. The molecule has 9 nitrogen and oxygen atoms in total. The van der Waals surface area contributed by atoms with Crippen molar-refractivity contribution in [3.8, 4) is 0 Å². The molecule has 2 amide bonds. The highest BCUT2D eigenvalue weighted by molar-refractivity contribution is 5.95. The molecule has 3 aliphatic heterocycles. The Balaban J connectivity index is 1.53. The van der Waals surface area contributed by atoms with Crippen molar-refractivity contribution in [1.29, 1.82) is 0 Å². The third-order valence-electron chi connectivity index (χ3n) is 6.72. The molecule has 9 heteroatoms. The van der Waals surface area contributed by atoms with Gasteiger partial charge in [0.15, 0.2) is 6.29 Å². The fourth-order valence-electron chi connectivity index (χ4n) is 4.94. The minimum absolute atomic E-state index is 0.114. The number of carboxylic acid groups (broad SMARTS) is 1. The van der Waals surface area contributed by atoms with Gasteiger partial charge < -0.3 is 19.3 Å². The van der Waals surface area contributed by atoms with Crippen LogP contribution in [0.5, 0.6) is 0 Å². The Kier molecular flexibility index (Phi) is 5.82. The summed E-state index contributed by atoms with van der Waals surface area (Å²) in [7, 11) is 0. The van der Waals surface area contributed by atoms with Gasteiger partial charge in [0.1, 0.15) is 18.6 Å². The second-order valence-electron chi connectivity index (χ2n) is 8.82. The van der Waals surface area contributed by atoms with Crippen molar-refractivity contribution < 1.29 is 33.7 Å². The summed E-state index contributed by atoms with van der Waals surface area (Å²) in [5.41, 5.74) is 1.73. The van der Waals surface area contributed by atoms with Gasteiger partial charge in [0, 0.05) is 0 Å². The van der Waals surface area contributed by atoms with Crippen molar-refractivity contribution in [2.75, 3.05) is 6.61 Å². The molecular formula is C26H26N2O7. The van der Waals surface area contributed by atoms with Crippen LogP contribution in [0.4, 0.5) is 4.79 Å². The summed E-state index contributed by atoms with van der Waals surface area (Å²) in [6, 6.07) is 16.8. The number of nitrogens with zero attached hydrogens (tertiary/aromatic N) is 2. The predicted octanol–water partition coefficient (Wildman–Crippen LogP) is 3.24. The quantitative estimate of drug-likeness (QED) is 0.609. The minimum atomic E-state index is -1.77. The molecule has 0 saturated carbocycles. The van der Waals surface area contributed by atoms with Gasteiger partial charge in [-0.15, -0.1) is 0 Å². The summed E-state index contributed by atoms with van der Waals surface area (Å²) in [4.78, 5) is 41.1. The van der Waals surface area contributed by atoms with E-state index in [-0.39, 0.29) is 6.61 Å². The molecule has 5 rings (SSSR count). The van der Waals surface area contributed by atoms with Gasteiger partial charge in [0.2, 0.25) is 0 Å². The normalized spacial score (nSPS) is 31.1. The number of hydrogen-bond acceptors (Lipinski definition) is 6. The number of aliphatic carboxylic acids is 1. The van der Waals surface area contributed by atoms with Crippen molar-refractivity contribution in [2.45, 2.75) is 44.2 Å². The van der Waals surface area contributed by atoms with Crippen molar-refractivity contribution in [3.05, 3.63) is 77.9 Å². The van der Waals surface area contributed by atoms with Crippen molar-refractivity contribution >= 4 is 24.0 Å². The molecule has 3 aliphatic rings. The van der Waals surface area contributed by atoms with E-state index in [0.29, 0.717) is 0 Å². The maximum atomic E-state index is 13.7. The lowest BCUT2D eigenvalue weighted by molar-refractivity contribution is -0.507. The second-order valence-corrected chi connectivity index (χ2v) is 8.82. The first kappa shape index (κ1) is 23.1. The highest BCUT2D eigenvalue weighted by atomic mass is 16.9. The molecule has 2 aromatic carbocycles. The first-order valence-electron chi connectivity index (χ1n) is 11.5. The number of rotatable bonds is 7. The Labute approximate surface area is 202 Å². The highest BCUT2D eigenvalue weighted by Crippen LogP contribution is 2.48. The predicted molar refractivity (Wildman–Crippen MR) is 123 cm³/mol. The van der Waals surface area contributed by atoms with Crippen LogP contribution < -0.4 is 0 Å². The topological polar surface area (TPSA) is 106 Å². The lowest BCUT2D eigenvalue weighted by Crippen LogP contribution is -2.82. The molecule has 1 N–H and O–H groups in total. The van der Waals surface area contributed by atoms with Crippen molar-refractivity contribution in [3.63, 3.8) is 0 Å². The summed E-state index contributed by atoms with van der Waals surface area (Å²) in [5.74, 6) is -4.56. The first-order chi connectivity index (χ1) is 16.8. The average Bonchev–Trinajstić information content (AvgIpc) is 3.21. The van der Waals surface area contributed by atoms with Crippen LogP contribution in [-0.4, -0.2) is 63.8 Å². The highest BCUT2D eigenvalue weighted by Gasteiger charge is 2.68. The van der Waals surface area contributed by atoms with E-state index >= 15 is 0 Å². The van der Waals surface area contributed by atoms with Gasteiger partial charge in [0.05, 0.1) is 12.1 Å². The van der Waals surface area contributed by atoms with Crippen LogP contribution in [0, 0.1) is 5.92 Å². The summed E-state index contributed by atoms with van der Waals surface area (Å²) >= 11 is 0. The molecule has 3 fully saturated rings. The Morgan fingerprint density at radius 3 is 2.31 bits per heavy atom. The van der Waals surface area contributed by atoms with E-state index in [1.165, 1.54) is 16.7 Å². The molecule has 0 bridgehead atoms. The zero-order chi connectivity index (χ0) is 24.7. The SMILES string of the molecule is CC1OC(C(C)C(=O)O)(N2C(=O)[C@@H](N3C(=O)OC[C@@H]3c3ccccc3)[C@H]2C=Cc2ccccc2)O1. The lowest BCUT2D eigenvalue weighted by atomic mass is 9.86. The molecule has 4 atom stereocenters. The molecule has 35 heavy (non-hydrogen) atoms. The summed E-state index contributed by atoms with van der Waals surface area (Å²) in [6.07, 6.45) is 2.34. The molecular weight excluding hydrogens is 452 g/mol. The zero-order valence-corrected chi connectivity index (χ0v) is 19.3. The summed E-state index contributed by atoms with van der Waals surface area (Å²) < 4.78 is 16.9. The maximum absolute atomic E-state index is 13.7. The number of cyclic esters (lactones) is 1. The molecule has 2 aromatic rings. The van der Waals surface area contributed by atoms with Gasteiger partial charge in [-0.25, -0.2) is 4.79 Å². The molecule has 182 valence electrons. The third kappa shape index (κ3) is 3.77. The van der Waals surface area contributed by atoms with Crippen molar-refractivity contribution in [1.82, 2.24) is 9.80 Å². The Bertz CT molecular complexity index is 1150. The van der Waals surface area contributed by atoms with Crippen molar-refractivity contribution in [2.24, 2.45) is 5.92 Å². The molecule has 3 heterocycles. The Hall–Kier alpha value is -3.69. The van der Waals surface area contributed by atoms with E-state index in [2.05, 4.69) is 0 Å². The smallest absolute Gasteiger partial charge is 0.411 e. The van der Waals surface area contributed by atoms with E-state index in [1.807, 2.05) is 66.7 Å². The fourth-order valence-corrected chi connectivity index (χ4v) is 4.94. The largest absolute Gasteiger partial charge is 0.481 e. The van der Waals surface area contributed by atoms with Gasteiger partial charge in [-0.1, -0.05) is 72.8 Å². The minimum Gasteiger partial charge on any atom is -0.481 e. The van der Waals surface area contributed by atoms with Gasteiger partial charge in [-0.3, -0.25) is 19.4 Å². The van der Waals surface area contributed by atoms with Crippen LogP contribution in [0.25, 0.3) is 6.08 Å². The number of ether oxygens (including phenoxy) is 3. The second kappa shape index (κ2) is 8.83. The van der Waals surface area contributed by atoms with Gasteiger partial charge in [0.25, 0.3) is 11.8 Å². The standard InChI is InChI=1S/C26H26N2O7/c1-16(24(30)31)26(34-17(2)35-26)28-20(14-13-18-9-5-3-6-10-18)22(23(28)29)27-21(15-33-25(27)32)19-11-7-4-8-12-19/h3-14,16-17,20-22H,15H2,1-2H3,(H,30,31)/t16?,17?,20-,21-,22+,26?/m1/s1. The Morgan fingerprint density at radius 1 is 1.09 bits per heavy atom. The van der Waals surface area contributed by atoms with E-state index in [9.17, 15) is 19.5 Å². The van der Waals surface area contributed by atoms with Gasteiger partial charge in [-0.05, 0) is 25.0 Å². The number of carboxylic acids is 1. The summed E-state index contributed by atoms with van der Waals surface area (Å²) in [6.45, 7) is 3.18. The van der Waals surface area contributed by atoms with E-state index < -0.39 is 54.2 Å². The third-order valence-corrected chi connectivity index (χ3v) is 6.72. The number of hydrogen-bond donors (Lipinski definition) is 1. The number of carbonyl (C=O) groups excluding carboxylic acids is 2. The number of benzene rings is 2. The molecule has 0 aromatic heterocycles. The molecule has 0 radical (unpaired) electrons. The van der Waals surface area contributed by atoms with Crippen LogP contribution in [-0.2, 0) is 23.8 Å². The number of likely N-dealkylation sites (tertiary alicyclic amines) is 1. The van der Waals surface area contributed by atoms with Crippen LogP contribution >= 0.6 is 0 Å². The molecule has 0 aliphatic carbocycles. The lowest BCUT2D eigenvalue weighted by Gasteiger charge is -2.62. The maximum Gasteiger partial charge on any atom is 0.411 e. The number of β-lactam (4-membered cyclic amide) rings is 1. The van der Waals surface area contributed by atoms with Crippen LogP contribution in [0.2, 0.25) is 0 Å². The number of amides is 2.